The lowest BCUT2D eigenvalue weighted by Crippen LogP contribution is -2.17. The SMILES string of the molecule is COc1ccc(CNCC[C@@H](CCC(C)C)c2ccco2)cc1. The molecule has 1 aromatic carbocycles. The van der Waals surface area contributed by atoms with Crippen LogP contribution >= 0.6 is 0 Å². The summed E-state index contributed by atoms with van der Waals surface area (Å²) in [6.45, 7) is 6.44. The van der Waals surface area contributed by atoms with Crippen molar-refractivity contribution in [1.29, 1.82) is 0 Å². The van der Waals surface area contributed by atoms with Crippen LogP contribution in [0.5, 0.6) is 5.75 Å². The Labute approximate surface area is 140 Å². The molecule has 0 unspecified atom stereocenters. The van der Waals surface area contributed by atoms with Gasteiger partial charge in [0.2, 0.25) is 0 Å². The smallest absolute Gasteiger partial charge is 0.118 e. The first-order chi connectivity index (χ1) is 11.2. The van der Waals surface area contributed by atoms with E-state index in [1.165, 1.54) is 18.4 Å². The molecule has 126 valence electrons. The van der Waals surface area contributed by atoms with Crippen molar-refractivity contribution in [2.24, 2.45) is 5.92 Å². The van der Waals surface area contributed by atoms with Gasteiger partial charge in [0.05, 0.1) is 13.4 Å². The van der Waals surface area contributed by atoms with Gasteiger partial charge in [-0.1, -0.05) is 32.4 Å². The van der Waals surface area contributed by atoms with E-state index in [1.807, 2.05) is 18.2 Å². The number of nitrogens with one attached hydrogen (secondary N) is 1. The van der Waals surface area contributed by atoms with Crippen molar-refractivity contribution < 1.29 is 9.15 Å². The lowest BCUT2D eigenvalue weighted by Gasteiger charge is -2.16. The standard InChI is InChI=1S/C20H29NO2/c1-16(2)6-9-18(20-5-4-14-23-20)12-13-21-15-17-7-10-19(22-3)11-8-17/h4-5,7-8,10-11,14,16,18,21H,6,9,12-13,15H2,1-3H3/t18-/m1/s1. The maximum absolute atomic E-state index is 5.63. The molecule has 1 atom stereocenters. The Bertz CT molecular complexity index is 531. The fraction of sp³-hybridized carbons (Fsp3) is 0.500. The van der Waals surface area contributed by atoms with E-state index in [0.29, 0.717) is 5.92 Å². The number of benzene rings is 1. The Morgan fingerprint density at radius 1 is 1.04 bits per heavy atom. The Morgan fingerprint density at radius 3 is 2.43 bits per heavy atom. The number of hydrogen-bond donors (Lipinski definition) is 1. The number of methoxy groups -OCH3 is 1. The third-order valence-corrected chi connectivity index (χ3v) is 4.20. The molecule has 0 fully saturated rings. The minimum absolute atomic E-state index is 0.510. The predicted octanol–water partition coefficient (Wildman–Crippen LogP) is 4.99. The van der Waals surface area contributed by atoms with Crippen LogP contribution in [0.25, 0.3) is 0 Å². The van der Waals surface area contributed by atoms with Crippen LogP contribution in [-0.2, 0) is 6.54 Å². The molecular formula is C20H29NO2. The molecular weight excluding hydrogens is 286 g/mol. The Morgan fingerprint density at radius 2 is 1.83 bits per heavy atom. The predicted molar refractivity (Wildman–Crippen MR) is 94.8 cm³/mol. The van der Waals surface area contributed by atoms with Crippen LogP contribution in [0.4, 0.5) is 0 Å². The van der Waals surface area contributed by atoms with Gasteiger partial charge in [-0.05, 0) is 55.1 Å². The molecule has 3 heteroatoms. The topological polar surface area (TPSA) is 34.4 Å². The van der Waals surface area contributed by atoms with Crippen LogP contribution in [0.15, 0.2) is 47.1 Å². The largest absolute Gasteiger partial charge is 0.497 e. The van der Waals surface area contributed by atoms with Crippen molar-refractivity contribution in [3.8, 4) is 5.75 Å². The first-order valence-electron chi connectivity index (χ1n) is 8.56. The molecule has 1 N–H and O–H groups in total. The van der Waals surface area contributed by atoms with Crippen LogP contribution in [0.2, 0.25) is 0 Å². The second kappa shape index (κ2) is 9.41. The molecule has 0 spiro atoms. The highest BCUT2D eigenvalue weighted by Gasteiger charge is 2.14. The number of furan rings is 1. The Hall–Kier alpha value is -1.74. The summed E-state index contributed by atoms with van der Waals surface area (Å²) in [5.74, 6) is 3.27. The second-order valence-electron chi connectivity index (χ2n) is 6.50. The summed E-state index contributed by atoms with van der Waals surface area (Å²) < 4.78 is 10.8. The van der Waals surface area contributed by atoms with Crippen molar-refractivity contribution in [2.45, 2.75) is 45.6 Å². The molecule has 0 aliphatic rings. The summed E-state index contributed by atoms with van der Waals surface area (Å²) in [4.78, 5) is 0. The third kappa shape index (κ3) is 6.11. The van der Waals surface area contributed by atoms with Gasteiger partial charge in [-0.15, -0.1) is 0 Å². The fourth-order valence-corrected chi connectivity index (χ4v) is 2.74. The molecule has 0 saturated carbocycles. The van der Waals surface area contributed by atoms with E-state index in [0.717, 1.165) is 36.9 Å². The Balaban J connectivity index is 1.76. The zero-order chi connectivity index (χ0) is 16.5. The fourth-order valence-electron chi connectivity index (χ4n) is 2.74. The minimum atomic E-state index is 0.510. The van der Waals surface area contributed by atoms with Crippen LogP contribution in [-0.4, -0.2) is 13.7 Å². The van der Waals surface area contributed by atoms with Crippen LogP contribution < -0.4 is 10.1 Å². The van der Waals surface area contributed by atoms with E-state index >= 15 is 0 Å². The maximum Gasteiger partial charge on any atom is 0.118 e. The van der Waals surface area contributed by atoms with E-state index in [-0.39, 0.29) is 0 Å². The molecule has 0 saturated heterocycles. The van der Waals surface area contributed by atoms with E-state index in [4.69, 9.17) is 9.15 Å². The van der Waals surface area contributed by atoms with Crippen molar-refractivity contribution in [2.75, 3.05) is 13.7 Å². The minimum Gasteiger partial charge on any atom is -0.497 e. The first kappa shape index (κ1) is 17.6. The molecule has 0 aliphatic carbocycles. The van der Waals surface area contributed by atoms with Gasteiger partial charge in [0.1, 0.15) is 11.5 Å². The van der Waals surface area contributed by atoms with Crippen molar-refractivity contribution in [3.05, 3.63) is 54.0 Å². The van der Waals surface area contributed by atoms with Crippen molar-refractivity contribution in [1.82, 2.24) is 5.32 Å². The van der Waals surface area contributed by atoms with E-state index in [2.05, 4.69) is 37.4 Å². The Kier molecular flexibility index (Phi) is 7.21. The maximum atomic E-state index is 5.63. The van der Waals surface area contributed by atoms with Crippen LogP contribution in [0, 0.1) is 5.92 Å². The lowest BCUT2D eigenvalue weighted by molar-refractivity contribution is 0.397. The van der Waals surface area contributed by atoms with E-state index < -0.39 is 0 Å². The molecule has 2 rings (SSSR count). The van der Waals surface area contributed by atoms with E-state index in [1.54, 1.807) is 13.4 Å². The first-order valence-corrected chi connectivity index (χ1v) is 8.56. The molecule has 23 heavy (non-hydrogen) atoms. The molecule has 0 aliphatic heterocycles. The second-order valence-corrected chi connectivity index (χ2v) is 6.50. The normalized spacial score (nSPS) is 12.5. The van der Waals surface area contributed by atoms with Gasteiger partial charge in [0.25, 0.3) is 0 Å². The lowest BCUT2D eigenvalue weighted by atomic mass is 9.93. The van der Waals surface area contributed by atoms with Gasteiger partial charge in [-0.3, -0.25) is 0 Å². The summed E-state index contributed by atoms with van der Waals surface area (Å²) in [6.07, 6.45) is 5.32. The molecule has 1 heterocycles. The highest BCUT2D eigenvalue weighted by atomic mass is 16.5. The van der Waals surface area contributed by atoms with Crippen molar-refractivity contribution in [3.63, 3.8) is 0 Å². The number of ether oxygens (including phenoxy) is 1. The van der Waals surface area contributed by atoms with Gasteiger partial charge in [0, 0.05) is 12.5 Å². The number of rotatable bonds is 10. The highest BCUT2D eigenvalue weighted by molar-refractivity contribution is 5.26. The van der Waals surface area contributed by atoms with Crippen molar-refractivity contribution >= 4 is 0 Å². The summed E-state index contributed by atoms with van der Waals surface area (Å²) in [5, 5.41) is 3.54. The molecule has 0 bridgehead atoms. The molecule has 1 aromatic heterocycles. The third-order valence-electron chi connectivity index (χ3n) is 4.20. The average Bonchev–Trinajstić information content (AvgIpc) is 3.09. The molecule has 2 aromatic rings. The zero-order valence-corrected chi connectivity index (χ0v) is 14.5. The molecule has 0 amide bonds. The zero-order valence-electron chi connectivity index (χ0n) is 14.5. The van der Waals surface area contributed by atoms with Gasteiger partial charge in [-0.25, -0.2) is 0 Å². The highest BCUT2D eigenvalue weighted by Crippen LogP contribution is 2.26. The van der Waals surface area contributed by atoms with Crippen LogP contribution in [0.3, 0.4) is 0 Å². The molecule has 3 nitrogen and oxygen atoms in total. The van der Waals surface area contributed by atoms with Gasteiger partial charge in [-0.2, -0.15) is 0 Å². The summed E-state index contributed by atoms with van der Waals surface area (Å²) in [7, 11) is 1.69. The molecule has 0 radical (unpaired) electrons. The van der Waals surface area contributed by atoms with Crippen LogP contribution in [0.1, 0.15) is 50.4 Å². The summed E-state index contributed by atoms with van der Waals surface area (Å²) in [5.41, 5.74) is 1.28. The van der Waals surface area contributed by atoms with Gasteiger partial charge >= 0.3 is 0 Å². The van der Waals surface area contributed by atoms with Gasteiger partial charge < -0.3 is 14.5 Å². The monoisotopic (exact) mass is 315 g/mol. The van der Waals surface area contributed by atoms with E-state index in [9.17, 15) is 0 Å². The van der Waals surface area contributed by atoms with Gasteiger partial charge in [0.15, 0.2) is 0 Å². The average molecular weight is 315 g/mol. The summed E-state index contributed by atoms with van der Waals surface area (Å²) in [6, 6.07) is 12.3. The quantitative estimate of drug-likeness (QED) is 0.627. The summed E-state index contributed by atoms with van der Waals surface area (Å²) >= 11 is 0. The number of hydrogen-bond acceptors (Lipinski definition) is 3.